The lowest BCUT2D eigenvalue weighted by molar-refractivity contribution is -0.172. The molecule has 4 aliphatic rings. The van der Waals surface area contributed by atoms with E-state index in [0.29, 0.717) is 89.4 Å². The molecule has 6 aromatic rings. The van der Waals surface area contributed by atoms with Crippen LogP contribution in [0.1, 0.15) is 127 Å². The number of nitrogens with zero attached hydrogens (tertiary/aromatic N) is 3. The van der Waals surface area contributed by atoms with E-state index >= 15 is 4.39 Å². The van der Waals surface area contributed by atoms with E-state index in [1.54, 1.807) is 50.8 Å². The molecule has 5 heterocycles. The summed E-state index contributed by atoms with van der Waals surface area (Å²) in [5.74, 6) is -5.06. The topological polar surface area (TPSA) is 416 Å². The monoisotopic (exact) mass is 1520 g/mol. The SMILES string of the molecule is CC[C@@]1(O)C(=O)OCc2c1cc1n(c2=O)Cc2c-1nc1cc(F)c(C)c3c1c2[C@@H](NC(=O)COCNC(=O)CNC(=O)OCc1ccc(NC(=O)[C@H](CCCNC(N)=O)NC(=O)[C@@H](NC(=O)CCOCCOCCOCCOCCNC(=O)CCC(=O)N2Cc4ccccc4/C=C\c4ccccc42)C(C)C)cc1)CC3. The van der Waals surface area contributed by atoms with Crippen LogP contribution in [0.4, 0.5) is 25.4 Å². The number of aliphatic hydroxyl groups is 1. The van der Waals surface area contributed by atoms with Crippen LogP contribution in [0.15, 0.2) is 89.7 Å². The van der Waals surface area contributed by atoms with Gasteiger partial charge in [-0.3, -0.25) is 38.4 Å². The van der Waals surface area contributed by atoms with E-state index in [0.717, 1.165) is 27.9 Å². The maximum absolute atomic E-state index is 15.4. The predicted octanol–water partition coefficient (Wildman–Crippen LogP) is 4.73. The Bertz CT molecular complexity index is 4490. The Kier molecular flexibility index (Phi) is 28.8. The number of amides is 10. The number of benzene rings is 4. The lowest BCUT2D eigenvalue weighted by Gasteiger charge is -2.31. The molecular formula is C78H93FN12O19. The number of cyclic esters (lactones) is 1. The second kappa shape index (κ2) is 38.9. The Morgan fingerprint density at radius 1 is 0.727 bits per heavy atom. The van der Waals surface area contributed by atoms with E-state index in [1.165, 1.54) is 22.8 Å². The molecule has 1 aliphatic carbocycles. The van der Waals surface area contributed by atoms with Crippen LogP contribution in [0.3, 0.4) is 0 Å². The van der Waals surface area contributed by atoms with Gasteiger partial charge in [-0.05, 0) is 108 Å². The van der Waals surface area contributed by atoms with Gasteiger partial charge in [0.1, 0.15) is 51.0 Å². The van der Waals surface area contributed by atoms with E-state index in [4.69, 9.17) is 43.9 Å². The molecule has 10 amide bonds. The van der Waals surface area contributed by atoms with E-state index in [9.17, 15) is 57.8 Å². The minimum Gasteiger partial charge on any atom is -0.458 e. The van der Waals surface area contributed by atoms with Crippen LogP contribution < -0.4 is 58.7 Å². The van der Waals surface area contributed by atoms with Crippen LogP contribution in [0.25, 0.3) is 34.4 Å². The predicted molar refractivity (Wildman–Crippen MR) is 399 cm³/mol. The number of para-hydroxylation sites is 1. The van der Waals surface area contributed by atoms with Crippen LogP contribution in [-0.4, -0.2) is 172 Å². The summed E-state index contributed by atoms with van der Waals surface area (Å²) in [6, 6.07) is 21.1. The number of alkyl carbamates (subject to hydrolysis) is 1. The number of esters is 1. The van der Waals surface area contributed by atoms with Gasteiger partial charge in [0.25, 0.3) is 5.56 Å². The molecule has 0 saturated heterocycles. The normalized spacial score (nSPS) is 15.9. The number of aromatic nitrogens is 2. The molecule has 0 radical (unpaired) electrons. The van der Waals surface area contributed by atoms with Crippen molar-refractivity contribution < 1.29 is 90.6 Å². The number of nitrogens with two attached hydrogens (primary N) is 1. The van der Waals surface area contributed by atoms with Crippen molar-refractivity contribution in [2.75, 3.05) is 96.0 Å². The minimum absolute atomic E-state index is 0.0332. The number of aryl methyl sites for hydroxylation is 1. The highest BCUT2D eigenvalue weighted by molar-refractivity contribution is 6.00. The fraction of sp³-hybridized carbons (Fsp3) is 0.436. The van der Waals surface area contributed by atoms with Gasteiger partial charge in [-0.25, -0.2) is 23.8 Å². The van der Waals surface area contributed by atoms with Crippen molar-refractivity contribution in [2.24, 2.45) is 11.7 Å². The number of carbonyl (C=O) groups is 10. The van der Waals surface area contributed by atoms with Crippen LogP contribution in [0, 0.1) is 18.7 Å². The van der Waals surface area contributed by atoms with Gasteiger partial charge in [0.2, 0.25) is 41.4 Å². The molecule has 0 spiro atoms. The molecule has 3 aliphatic heterocycles. The van der Waals surface area contributed by atoms with Gasteiger partial charge in [0.05, 0.1) is 100 Å². The van der Waals surface area contributed by atoms with Gasteiger partial charge in [-0.2, -0.15) is 0 Å². The summed E-state index contributed by atoms with van der Waals surface area (Å²) >= 11 is 0. The third-order valence-corrected chi connectivity index (χ3v) is 19.2. The zero-order chi connectivity index (χ0) is 78.4. The number of rotatable bonds is 38. The maximum atomic E-state index is 15.4. The molecule has 110 heavy (non-hydrogen) atoms. The highest BCUT2D eigenvalue weighted by Crippen LogP contribution is 2.46. The number of halogens is 1. The second-order valence-electron chi connectivity index (χ2n) is 27.1. The first-order valence-electron chi connectivity index (χ1n) is 36.6. The zero-order valence-electron chi connectivity index (χ0n) is 61.8. The number of nitrogens with one attached hydrogen (secondary N) is 8. The number of anilines is 2. The van der Waals surface area contributed by atoms with Crippen molar-refractivity contribution in [1.82, 2.24) is 46.8 Å². The van der Waals surface area contributed by atoms with Crippen molar-refractivity contribution in [3.05, 3.63) is 157 Å². The first-order chi connectivity index (χ1) is 53.0. The van der Waals surface area contributed by atoms with Crippen LogP contribution >= 0.6 is 0 Å². The number of pyridine rings is 2. The number of carbonyl (C=O) groups excluding carboxylic acids is 10. The lowest BCUT2D eigenvalue weighted by atomic mass is 9.81. The molecule has 0 unspecified atom stereocenters. The fourth-order valence-corrected chi connectivity index (χ4v) is 13.4. The second-order valence-corrected chi connectivity index (χ2v) is 27.1. The third kappa shape index (κ3) is 21.1. The molecule has 0 fully saturated rings. The summed E-state index contributed by atoms with van der Waals surface area (Å²) in [6.45, 7) is 7.46. The first kappa shape index (κ1) is 81.5. The molecule has 0 saturated carbocycles. The molecule has 32 heteroatoms. The number of hydrogen-bond acceptors (Lipinski definition) is 20. The van der Waals surface area contributed by atoms with Gasteiger partial charge in [0.15, 0.2) is 5.60 Å². The quantitative estimate of drug-likeness (QED) is 0.0142. The third-order valence-electron chi connectivity index (χ3n) is 19.2. The summed E-state index contributed by atoms with van der Waals surface area (Å²) in [7, 11) is 0. The molecule has 11 N–H and O–H groups in total. The van der Waals surface area contributed by atoms with Gasteiger partial charge in [-0.15, -0.1) is 0 Å². The highest BCUT2D eigenvalue weighted by atomic mass is 19.1. The number of hydrogen-bond donors (Lipinski definition) is 10. The van der Waals surface area contributed by atoms with Crippen molar-refractivity contribution in [2.45, 2.75) is 129 Å². The number of ether oxygens (including phenoxy) is 7. The zero-order valence-corrected chi connectivity index (χ0v) is 61.8. The Morgan fingerprint density at radius 3 is 2.15 bits per heavy atom. The average Bonchev–Trinajstić information content (AvgIpc) is 1.49. The number of primary amides is 1. The van der Waals surface area contributed by atoms with Crippen molar-refractivity contribution in [3.8, 4) is 11.4 Å². The molecule has 4 aromatic carbocycles. The summed E-state index contributed by atoms with van der Waals surface area (Å²) in [5, 5.41) is 33.3. The molecular weight excluding hydrogens is 1430 g/mol. The molecule has 4 atom stereocenters. The summed E-state index contributed by atoms with van der Waals surface area (Å²) in [5.41, 5.74) is 10.9. The Hall–Kier alpha value is -11.0. The van der Waals surface area contributed by atoms with Gasteiger partial charge >= 0.3 is 18.1 Å². The van der Waals surface area contributed by atoms with Gasteiger partial charge < -0.3 is 96.0 Å². The number of fused-ring (bicyclic) bond motifs is 7. The lowest BCUT2D eigenvalue weighted by Crippen LogP contribution is -2.54. The first-order valence-corrected chi connectivity index (χ1v) is 36.6. The Labute approximate surface area is 633 Å². The van der Waals surface area contributed by atoms with Crippen molar-refractivity contribution >= 4 is 93.9 Å². The van der Waals surface area contributed by atoms with Crippen molar-refractivity contribution in [3.63, 3.8) is 0 Å². The summed E-state index contributed by atoms with van der Waals surface area (Å²) < 4.78 is 55.1. The largest absolute Gasteiger partial charge is 0.458 e. The van der Waals surface area contributed by atoms with E-state index in [-0.39, 0.29) is 127 Å². The van der Waals surface area contributed by atoms with Crippen LogP contribution in [0.2, 0.25) is 0 Å². The maximum Gasteiger partial charge on any atom is 0.407 e. The Balaban J connectivity index is 0.573. The Morgan fingerprint density at radius 2 is 1.43 bits per heavy atom. The van der Waals surface area contributed by atoms with Gasteiger partial charge in [0, 0.05) is 60.6 Å². The van der Waals surface area contributed by atoms with Gasteiger partial charge in [-0.1, -0.05) is 87.5 Å². The van der Waals surface area contributed by atoms with E-state index in [2.05, 4.69) is 42.5 Å². The van der Waals surface area contributed by atoms with Crippen LogP contribution in [-0.2, 0) is 110 Å². The molecule has 31 nitrogen and oxygen atoms in total. The molecule has 586 valence electrons. The molecule has 2 aromatic heterocycles. The average molecular weight is 1520 g/mol. The van der Waals surface area contributed by atoms with E-state index < -0.39 is 109 Å². The molecule has 10 rings (SSSR count). The van der Waals surface area contributed by atoms with Crippen molar-refractivity contribution in [1.29, 1.82) is 0 Å². The van der Waals surface area contributed by atoms with Crippen LogP contribution in [0.5, 0.6) is 0 Å². The minimum atomic E-state index is -2.06. The number of urea groups is 1. The highest BCUT2D eigenvalue weighted by Gasteiger charge is 2.46. The summed E-state index contributed by atoms with van der Waals surface area (Å²) in [4.78, 5) is 150. The fourth-order valence-electron chi connectivity index (χ4n) is 13.4. The molecule has 0 bridgehead atoms. The standard InChI is InChI=1S/C78H93FN12O19/c1-5-78(103)56-37-62-71-54(41-91(62)74(99)55(56)43-109-75(78)100)69-58(23-22-53-47(4)57(79)38-60(87-71)68(53)69)86-66(95)44-108-45-84-65(94)39-83-77(102)110-42-48-16-20-52(21-17-48)85-72(97)59(14-10-27-82-76(80)101)88-73(98)70(46(2)3)89-64(93)26-29-104-31-33-106-35-36-107-34-32-105-30-28-81-63(92)24-25-67(96)90-40-51-13-7-6-11-49(51)18-19-50-12-8-9-15-61(50)90/h6-9,11-13,15-21,37-38,46,58-59,70,103H,5,10,14,22-36,39-45H2,1-4H3,(H,81,92)(H,83,102)(H,84,94)(H,85,97)(H,86,95)(H,88,98)(H,89,93)(H3,80,82,101)/b19-18-/t58-,59-,70-,78-/m0/s1. The summed E-state index contributed by atoms with van der Waals surface area (Å²) in [6.07, 6.45) is 4.14. The van der Waals surface area contributed by atoms with E-state index in [1.807, 2.05) is 60.7 Å². The smallest absolute Gasteiger partial charge is 0.407 e.